The lowest BCUT2D eigenvalue weighted by Gasteiger charge is -2.19. The van der Waals surface area contributed by atoms with E-state index in [1.54, 1.807) is 0 Å². The van der Waals surface area contributed by atoms with Gasteiger partial charge in [0.05, 0.1) is 4.99 Å². The molecule has 100 valence electrons. The van der Waals surface area contributed by atoms with Crippen molar-refractivity contribution in [3.63, 3.8) is 0 Å². The van der Waals surface area contributed by atoms with Gasteiger partial charge in [0.1, 0.15) is 0 Å². The molecular weight excluding hydrogens is 240 g/mol. The van der Waals surface area contributed by atoms with E-state index in [9.17, 15) is 0 Å². The fourth-order valence-electron chi connectivity index (χ4n) is 2.01. The van der Waals surface area contributed by atoms with Gasteiger partial charge in [-0.05, 0) is 37.9 Å². The molecular formula is C15H24N2S. The Morgan fingerprint density at radius 1 is 1.17 bits per heavy atom. The quantitative estimate of drug-likeness (QED) is 0.549. The van der Waals surface area contributed by atoms with Crippen molar-refractivity contribution in [2.45, 2.75) is 32.6 Å². The first kappa shape index (κ1) is 15.1. The van der Waals surface area contributed by atoms with Crippen LogP contribution in [-0.2, 0) is 6.42 Å². The van der Waals surface area contributed by atoms with Gasteiger partial charge in [-0.15, -0.1) is 0 Å². The van der Waals surface area contributed by atoms with Crippen molar-refractivity contribution in [2.75, 3.05) is 19.6 Å². The second-order valence-corrected chi connectivity index (χ2v) is 5.12. The second kappa shape index (κ2) is 9.06. The van der Waals surface area contributed by atoms with E-state index in [4.69, 9.17) is 18.0 Å². The largest absolute Gasteiger partial charge is 0.393 e. The van der Waals surface area contributed by atoms with E-state index in [1.807, 2.05) is 0 Å². The summed E-state index contributed by atoms with van der Waals surface area (Å²) in [6.45, 7) is 5.41. The third-order valence-corrected chi connectivity index (χ3v) is 3.36. The number of benzene rings is 1. The minimum atomic E-state index is 0.623. The van der Waals surface area contributed by atoms with Crippen LogP contribution in [0.25, 0.3) is 0 Å². The predicted octanol–water partition coefficient (Wildman–Crippen LogP) is 3.01. The van der Waals surface area contributed by atoms with Crippen LogP contribution in [0.2, 0.25) is 0 Å². The minimum Gasteiger partial charge on any atom is -0.393 e. The monoisotopic (exact) mass is 264 g/mol. The van der Waals surface area contributed by atoms with Crippen LogP contribution in [0.3, 0.4) is 0 Å². The van der Waals surface area contributed by atoms with Gasteiger partial charge >= 0.3 is 0 Å². The summed E-state index contributed by atoms with van der Waals surface area (Å²) in [5.74, 6) is 0. The summed E-state index contributed by atoms with van der Waals surface area (Å²) < 4.78 is 0. The molecule has 0 atom stereocenters. The summed E-state index contributed by atoms with van der Waals surface area (Å²) in [5.41, 5.74) is 6.97. The van der Waals surface area contributed by atoms with Gasteiger partial charge in [-0.2, -0.15) is 0 Å². The Labute approximate surface area is 116 Å². The van der Waals surface area contributed by atoms with E-state index < -0.39 is 0 Å². The van der Waals surface area contributed by atoms with Crippen molar-refractivity contribution in [1.82, 2.24) is 4.90 Å². The van der Waals surface area contributed by atoms with Gasteiger partial charge < -0.3 is 10.6 Å². The fourth-order valence-corrected chi connectivity index (χ4v) is 2.10. The lowest BCUT2D eigenvalue weighted by Crippen LogP contribution is -2.28. The first-order chi connectivity index (χ1) is 8.72. The Morgan fingerprint density at radius 3 is 2.50 bits per heavy atom. The molecule has 0 heterocycles. The molecule has 0 aliphatic carbocycles. The summed E-state index contributed by atoms with van der Waals surface area (Å²) in [6.07, 6.45) is 4.49. The SMILES string of the molecule is CCN(CCCCc1ccccc1)CCC(N)=S. The average Bonchev–Trinajstić information content (AvgIpc) is 2.39. The Morgan fingerprint density at radius 2 is 1.89 bits per heavy atom. The van der Waals surface area contributed by atoms with Crippen molar-refractivity contribution in [1.29, 1.82) is 0 Å². The van der Waals surface area contributed by atoms with Crippen LogP contribution < -0.4 is 5.73 Å². The van der Waals surface area contributed by atoms with Crippen LogP contribution in [0.15, 0.2) is 30.3 Å². The Balaban J connectivity index is 2.13. The Hall–Kier alpha value is -0.930. The summed E-state index contributed by atoms with van der Waals surface area (Å²) in [4.78, 5) is 3.04. The van der Waals surface area contributed by atoms with Gasteiger partial charge in [-0.1, -0.05) is 49.5 Å². The van der Waals surface area contributed by atoms with E-state index in [0.717, 1.165) is 26.1 Å². The molecule has 1 rings (SSSR count). The molecule has 0 aliphatic heterocycles. The maximum absolute atomic E-state index is 5.53. The Bertz CT molecular complexity index is 338. The van der Waals surface area contributed by atoms with Crippen molar-refractivity contribution < 1.29 is 0 Å². The molecule has 0 unspecified atom stereocenters. The smallest absolute Gasteiger partial charge is 0.0740 e. The van der Waals surface area contributed by atoms with E-state index in [0.29, 0.717) is 4.99 Å². The maximum Gasteiger partial charge on any atom is 0.0740 e. The zero-order valence-corrected chi connectivity index (χ0v) is 12.1. The molecule has 18 heavy (non-hydrogen) atoms. The van der Waals surface area contributed by atoms with E-state index in [2.05, 4.69) is 42.2 Å². The number of aryl methyl sites for hydroxylation is 1. The van der Waals surface area contributed by atoms with Gasteiger partial charge in [0, 0.05) is 13.0 Å². The summed E-state index contributed by atoms with van der Waals surface area (Å²) >= 11 is 4.91. The zero-order valence-electron chi connectivity index (χ0n) is 11.3. The van der Waals surface area contributed by atoms with Gasteiger partial charge in [0.15, 0.2) is 0 Å². The summed E-state index contributed by atoms with van der Waals surface area (Å²) in [7, 11) is 0. The number of nitrogens with two attached hydrogens (primary N) is 1. The topological polar surface area (TPSA) is 29.3 Å². The van der Waals surface area contributed by atoms with Crippen LogP contribution in [-0.4, -0.2) is 29.5 Å². The normalized spacial score (nSPS) is 10.8. The van der Waals surface area contributed by atoms with Crippen LogP contribution in [0.4, 0.5) is 0 Å². The standard InChI is InChI=1S/C15H24N2S/c1-2-17(13-11-15(16)18)12-7-6-10-14-8-4-3-5-9-14/h3-5,8-9H,2,6-7,10-13H2,1H3,(H2,16,18). The number of unbranched alkanes of at least 4 members (excludes halogenated alkanes) is 1. The van der Waals surface area contributed by atoms with E-state index in [-0.39, 0.29) is 0 Å². The van der Waals surface area contributed by atoms with Crippen molar-refractivity contribution in [3.8, 4) is 0 Å². The average molecular weight is 264 g/mol. The lowest BCUT2D eigenvalue weighted by molar-refractivity contribution is 0.290. The van der Waals surface area contributed by atoms with Crippen LogP contribution in [0.5, 0.6) is 0 Å². The molecule has 2 N–H and O–H groups in total. The fraction of sp³-hybridized carbons (Fsp3) is 0.533. The third-order valence-electron chi connectivity index (χ3n) is 3.15. The van der Waals surface area contributed by atoms with Crippen LogP contribution >= 0.6 is 12.2 Å². The molecule has 0 saturated heterocycles. The maximum atomic E-state index is 5.53. The highest BCUT2D eigenvalue weighted by molar-refractivity contribution is 7.80. The highest BCUT2D eigenvalue weighted by atomic mass is 32.1. The summed E-state index contributed by atoms with van der Waals surface area (Å²) in [5, 5.41) is 0. The van der Waals surface area contributed by atoms with Gasteiger partial charge in [-0.3, -0.25) is 0 Å². The van der Waals surface area contributed by atoms with Crippen molar-refractivity contribution in [3.05, 3.63) is 35.9 Å². The number of thiocarbonyl (C=S) groups is 1. The van der Waals surface area contributed by atoms with Gasteiger partial charge in [0.25, 0.3) is 0 Å². The van der Waals surface area contributed by atoms with Crippen molar-refractivity contribution in [2.24, 2.45) is 5.73 Å². The van der Waals surface area contributed by atoms with Crippen LogP contribution in [0, 0.1) is 0 Å². The number of hydrogen-bond donors (Lipinski definition) is 1. The highest BCUT2D eigenvalue weighted by Gasteiger charge is 2.02. The Kier molecular flexibility index (Phi) is 7.62. The molecule has 1 aromatic rings. The molecule has 0 bridgehead atoms. The van der Waals surface area contributed by atoms with E-state index in [1.165, 1.54) is 24.8 Å². The first-order valence-corrected chi connectivity index (χ1v) is 7.17. The number of rotatable bonds is 9. The molecule has 0 aromatic heterocycles. The molecule has 0 amide bonds. The summed E-state index contributed by atoms with van der Waals surface area (Å²) in [6, 6.07) is 10.7. The van der Waals surface area contributed by atoms with E-state index >= 15 is 0 Å². The molecule has 0 aliphatic rings. The number of nitrogens with zero attached hydrogens (tertiary/aromatic N) is 1. The second-order valence-electron chi connectivity index (χ2n) is 4.59. The highest BCUT2D eigenvalue weighted by Crippen LogP contribution is 2.05. The van der Waals surface area contributed by atoms with Gasteiger partial charge in [0.2, 0.25) is 0 Å². The molecule has 3 heteroatoms. The predicted molar refractivity (Wildman–Crippen MR) is 82.9 cm³/mol. The van der Waals surface area contributed by atoms with Crippen LogP contribution in [0.1, 0.15) is 31.7 Å². The first-order valence-electron chi connectivity index (χ1n) is 6.77. The molecule has 1 aromatic carbocycles. The van der Waals surface area contributed by atoms with Crippen molar-refractivity contribution >= 4 is 17.2 Å². The number of hydrogen-bond acceptors (Lipinski definition) is 2. The zero-order chi connectivity index (χ0) is 13.2. The molecule has 2 nitrogen and oxygen atoms in total. The minimum absolute atomic E-state index is 0.623. The lowest BCUT2D eigenvalue weighted by atomic mass is 10.1. The third kappa shape index (κ3) is 6.72. The molecule has 0 fully saturated rings. The van der Waals surface area contributed by atoms with Gasteiger partial charge in [-0.25, -0.2) is 0 Å². The molecule has 0 spiro atoms. The molecule has 0 radical (unpaired) electrons. The molecule has 0 saturated carbocycles.